The second-order valence-electron chi connectivity index (χ2n) is 21.1. The van der Waals surface area contributed by atoms with Crippen molar-refractivity contribution in [3.8, 4) is 17.2 Å². The number of aromatic hydroxyl groups is 2. The highest BCUT2D eigenvalue weighted by Gasteiger charge is 2.50. The number of hydrazine groups is 1. The standard InChI is InChI=1S/C53H75N7O9/c1-29(2)26-59-22-20-53(21-23-59)57-42-39-40-46(63)35(8)49-41(39)50(65)52(9,69-49)67-24-14-17-31(4)48(68-38(61)28-60(55)27-37(54)36-18-11-10-12-19-36)34(7)45(62)33(6)25-30(3)15-13-16-32(5)51(66)56-44(47(40)64)43(42)58-53/h13-16,24,27,29-31,33-34,36,45,48,62-64H,10-12,17-23,25-26,28,54-55H2,1-9H3,(H,56,66)/b15-13+,24-14+,32-16-,37-27-/t30?,31-,33-,34-,45?,48?,52?/m1/s1. The van der Waals surface area contributed by atoms with Crippen LogP contribution < -0.4 is 32.3 Å². The Bertz CT molecular complexity index is 2560. The van der Waals surface area contributed by atoms with Gasteiger partial charge in [0.2, 0.25) is 0 Å². The Kier molecular flexibility index (Phi) is 15.5. The summed E-state index contributed by atoms with van der Waals surface area (Å²) < 4.78 is 18.7. The molecule has 0 radical (unpaired) electrons. The molecule has 8 N–H and O–H groups in total. The van der Waals surface area contributed by atoms with E-state index in [1.807, 2.05) is 33.8 Å². The molecular weight excluding hydrogens is 879 g/mol. The van der Waals surface area contributed by atoms with E-state index >= 15 is 0 Å². The molecule has 0 aromatic heterocycles. The number of carbonyl (C=O) groups excluding carboxylic acids is 3. The van der Waals surface area contributed by atoms with Gasteiger partial charge in [0.05, 0.1) is 28.7 Å². The minimum absolute atomic E-state index is 0.0122. The lowest BCUT2D eigenvalue weighted by atomic mass is 9.80. The largest absolute Gasteiger partial charge is 0.507 e. The van der Waals surface area contributed by atoms with Crippen LogP contribution in [-0.2, 0) is 19.1 Å². The number of nitrogens with zero attached hydrogens (tertiary/aromatic N) is 4. The molecule has 376 valence electrons. The number of aliphatic hydroxyl groups is 1. The van der Waals surface area contributed by atoms with Crippen molar-refractivity contribution in [1.29, 1.82) is 0 Å². The number of esters is 1. The number of likely N-dealkylation sites (tertiary alicyclic amines) is 1. The third-order valence-corrected chi connectivity index (χ3v) is 14.9. The highest BCUT2D eigenvalue weighted by molar-refractivity contribution is 6.19. The number of Topliss-reactive ketones (excluding diaryl/α,β-unsaturated/α-hetero) is 1. The maximum absolute atomic E-state index is 14.8. The summed E-state index contributed by atoms with van der Waals surface area (Å²) in [7, 11) is 0. The molecule has 6 aliphatic rings. The van der Waals surface area contributed by atoms with E-state index in [1.54, 1.807) is 38.3 Å². The van der Waals surface area contributed by atoms with Gasteiger partial charge in [-0.25, -0.2) is 5.84 Å². The molecule has 1 spiro atoms. The molecule has 1 saturated heterocycles. The van der Waals surface area contributed by atoms with Crippen LogP contribution in [0.5, 0.6) is 17.2 Å². The van der Waals surface area contributed by atoms with Gasteiger partial charge in [-0.1, -0.05) is 79.0 Å². The molecule has 1 aliphatic carbocycles. The van der Waals surface area contributed by atoms with Crippen LogP contribution in [-0.4, -0.2) is 92.7 Å². The van der Waals surface area contributed by atoms with E-state index < -0.39 is 53.0 Å². The Labute approximate surface area is 406 Å². The zero-order chi connectivity index (χ0) is 50.1. The van der Waals surface area contributed by atoms with E-state index in [2.05, 4.69) is 24.1 Å². The number of amides is 1. The number of hydrogen-bond donors (Lipinski definition) is 6. The Morgan fingerprint density at radius 1 is 1.03 bits per heavy atom. The first-order valence-electron chi connectivity index (χ1n) is 25.0. The molecule has 16 heteroatoms. The zero-order valence-electron chi connectivity index (χ0n) is 42.0. The summed E-state index contributed by atoms with van der Waals surface area (Å²) in [5.41, 5.74) is 6.69. The lowest BCUT2D eigenvalue weighted by Gasteiger charge is -2.36. The SMILES string of the molecule is C/C1=C/C=C/C(C)C[C@@H](C)C(O)[C@@H](C)C(OC(=O)CN(N)/C=C(\N)C2CCCCC2)[C@H](C)C/C=C/OC2(C)Oc3c(C)c(O)c4c(O)c(c5c(c4c3C2=O)=NC2(CCN(CC(C)C)CC2)N=5)NC1=O. The number of phenols is 2. The number of piperidine rings is 1. The fraction of sp³-hybridized carbons (Fsp3) is 0.604. The molecule has 2 fully saturated rings. The summed E-state index contributed by atoms with van der Waals surface area (Å²) in [4.78, 5) is 55.2. The van der Waals surface area contributed by atoms with Gasteiger partial charge in [0.25, 0.3) is 11.7 Å². The first-order valence-corrected chi connectivity index (χ1v) is 25.0. The Morgan fingerprint density at radius 3 is 2.39 bits per heavy atom. The normalized spacial score (nSPS) is 29.9. The van der Waals surface area contributed by atoms with E-state index in [9.17, 15) is 29.7 Å². The minimum atomic E-state index is -1.90. The third kappa shape index (κ3) is 10.8. The molecule has 2 aromatic rings. The van der Waals surface area contributed by atoms with Gasteiger partial charge >= 0.3 is 11.8 Å². The fourth-order valence-corrected chi connectivity index (χ4v) is 10.9. The van der Waals surface area contributed by atoms with Gasteiger partial charge in [0.1, 0.15) is 35.2 Å². The van der Waals surface area contributed by atoms with E-state index in [0.29, 0.717) is 42.9 Å². The van der Waals surface area contributed by atoms with Gasteiger partial charge in [-0.05, 0) is 75.2 Å². The molecule has 5 heterocycles. The van der Waals surface area contributed by atoms with Crippen LogP contribution in [0.4, 0.5) is 5.69 Å². The van der Waals surface area contributed by atoms with Gasteiger partial charge in [-0.15, -0.1) is 0 Å². The molecule has 2 aromatic carbocycles. The number of ether oxygens (including phenoxy) is 3. The smallest absolute Gasteiger partial charge is 0.327 e. The highest BCUT2D eigenvalue weighted by Crippen LogP contribution is 2.50. The van der Waals surface area contributed by atoms with E-state index in [-0.39, 0.29) is 80.0 Å². The summed E-state index contributed by atoms with van der Waals surface area (Å²) in [5.74, 6) is 1.62. The lowest BCUT2D eigenvalue weighted by molar-refractivity contribution is -0.159. The molecule has 4 unspecified atom stereocenters. The van der Waals surface area contributed by atoms with Crippen LogP contribution in [0.2, 0.25) is 0 Å². The van der Waals surface area contributed by atoms with Crippen molar-refractivity contribution in [1.82, 2.24) is 9.91 Å². The summed E-state index contributed by atoms with van der Waals surface area (Å²) in [6.07, 6.45) is 15.9. The maximum Gasteiger partial charge on any atom is 0.327 e. The summed E-state index contributed by atoms with van der Waals surface area (Å²) in [6.45, 7) is 19.0. The van der Waals surface area contributed by atoms with E-state index in [4.69, 9.17) is 35.8 Å². The average molecular weight is 954 g/mol. The number of anilines is 1. The van der Waals surface area contributed by atoms with Crippen LogP contribution in [0.25, 0.3) is 10.8 Å². The fourth-order valence-electron chi connectivity index (χ4n) is 10.9. The number of rotatable bonds is 7. The van der Waals surface area contributed by atoms with Crippen molar-refractivity contribution < 1.29 is 43.9 Å². The van der Waals surface area contributed by atoms with Crippen molar-refractivity contribution in [3.05, 3.63) is 69.9 Å². The molecule has 1 saturated carbocycles. The molecule has 8 rings (SSSR count). The maximum atomic E-state index is 14.8. The first-order chi connectivity index (χ1) is 32.6. The van der Waals surface area contributed by atoms with Crippen LogP contribution in [0, 0.1) is 42.4 Å². The number of nitrogens with one attached hydrogen (secondary N) is 1. The quantitative estimate of drug-likeness (QED) is 0.0736. The van der Waals surface area contributed by atoms with Crippen LogP contribution >= 0.6 is 0 Å². The number of allylic oxidation sites excluding steroid dienone is 5. The number of fused-ring (bicyclic) bond motifs is 13. The van der Waals surface area contributed by atoms with Gasteiger partial charge < -0.3 is 50.5 Å². The highest BCUT2D eigenvalue weighted by atomic mass is 16.7. The molecule has 7 atom stereocenters. The van der Waals surface area contributed by atoms with Gasteiger partial charge in [0.15, 0.2) is 11.4 Å². The van der Waals surface area contributed by atoms with Gasteiger partial charge in [-0.2, -0.15) is 0 Å². The minimum Gasteiger partial charge on any atom is -0.507 e. The van der Waals surface area contributed by atoms with Crippen molar-refractivity contribution in [2.75, 3.05) is 31.5 Å². The van der Waals surface area contributed by atoms with Crippen LogP contribution in [0.15, 0.2) is 58.0 Å². The summed E-state index contributed by atoms with van der Waals surface area (Å²) >= 11 is 0. The topological polar surface area (TPSA) is 235 Å². The predicted molar refractivity (Wildman–Crippen MR) is 264 cm³/mol. The summed E-state index contributed by atoms with van der Waals surface area (Å²) in [6, 6.07) is 0. The third-order valence-electron chi connectivity index (χ3n) is 14.9. The number of benzene rings is 2. The Hall–Kier alpha value is -5.45. The van der Waals surface area contributed by atoms with Crippen LogP contribution in [0.3, 0.4) is 0 Å². The van der Waals surface area contributed by atoms with Gasteiger partial charge in [0, 0.05) is 73.7 Å². The van der Waals surface area contributed by atoms with Crippen molar-refractivity contribution in [2.24, 2.45) is 57.1 Å². The predicted octanol–water partition coefficient (Wildman–Crippen LogP) is 6.69. The number of nitrogens with two attached hydrogens (primary N) is 2. The molecule has 16 nitrogen and oxygen atoms in total. The number of phenolic OH excluding ortho intramolecular Hbond substituents is 2. The van der Waals surface area contributed by atoms with Crippen LogP contribution in [0.1, 0.15) is 129 Å². The number of carbonyl (C=O) groups is 3. The second kappa shape index (κ2) is 20.9. The molecule has 1 amide bonds. The molecule has 5 bridgehead atoms. The van der Waals surface area contributed by atoms with E-state index in [1.165, 1.54) is 24.6 Å². The van der Waals surface area contributed by atoms with Crippen molar-refractivity contribution in [3.63, 3.8) is 0 Å². The second-order valence-corrected chi connectivity index (χ2v) is 21.1. The van der Waals surface area contributed by atoms with Gasteiger partial charge in [-0.3, -0.25) is 24.4 Å². The first kappa shape index (κ1) is 51.4. The number of aliphatic hydroxyl groups excluding tert-OH is 1. The average Bonchev–Trinajstić information content (AvgIpc) is 3.80. The van der Waals surface area contributed by atoms with Crippen molar-refractivity contribution in [2.45, 2.75) is 144 Å². The lowest BCUT2D eigenvalue weighted by Crippen LogP contribution is -2.43. The number of hydrogen-bond acceptors (Lipinski definition) is 15. The number of ketones is 1. The molecule has 5 aliphatic heterocycles. The molecular formula is C53H75N7O9. The Morgan fingerprint density at radius 2 is 1.71 bits per heavy atom. The van der Waals surface area contributed by atoms with E-state index in [0.717, 1.165) is 45.3 Å². The monoisotopic (exact) mass is 954 g/mol. The Balaban J connectivity index is 1.25. The zero-order valence-corrected chi connectivity index (χ0v) is 42.0. The summed E-state index contributed by atoms with van der Waals surface area (Å²) in [5, 5.41) is 40.6. The molecule has 69 heavy (non-hydrogen) atoms. The van der Waals surface area contributed by atoms with Crippen molar-refractivity contribution >= 4 is 34.1 Å².